The third-order valence-corrected chi connectivity index (χ3v) is 5.45. The molecule has 0 aromatic carbocycles. The van der Waals surface area contributed by atoms with E-state index in [4.69, 9.17) is 34.0 Å². The van der Waals surface area contributed by atoms with Crippen molar-refractivity contribution in [2.75, 3.05) is 20.3 Å². The Morgan fingerprint density at radius 3 is 2.03 bits per heavy atom. The number of aliphatic hydroxyl groups excluding tert-OH is 3. The van der Waals surface area contributed by atoms with Crippen LogP contribution in [0.1, 0.15) is 6.92 Å². The Morgan fingerprint density at radius 2 is 1.50 bits per heavy atom. The first-order valence-corrected chi connectivity index (χ1v) is 10.5. The Labute approximate surface area is 181 Å². The van der Waals surface area contributed by atoms with Crippen LogP contribution in [0.4, 0.5) is 0 Å². The summed E-state index contributed by atoms with van der Waals surface area (Å²) in [5, 5.41) is 55.0. The smallest absolute Gasteiger partial charge is 0.394 e. The number of methoxy groups -OCH3 is 1. The molecule has 2 aliphatic heterocycles. The van der Waals surface area contributed by atoms with Gasteiger partial charge in [0.15, 0.2) is 18.7 Å². The molecule has 2 aliphatic rings. The van der Waals surface area contributed by atoms with E-state index in [0.29, 0.717) is 0 Å². The van der Waals surface area contributed by atoms with Crippen molar-refractivity contribution in [3.63, 3.8) is 0 Å². The summed E-state index contributed by atoms with van der Waals surface area (Å²) in [7, 11) is -3.78. The standard InChI is InChI=1S/C14H26O17S/c1-5-8(16)13(25-6(3-15)10(5)28-30-18)27-11-7(4-24-32(20,21)22)26-14(23-2)12(9(11)17)29-31-19/h5-19H,3-4H2,1-2H3,(H,20,21,22)/t5-,6?,7?,8?,9+,10-,11+,12?,13+,14+/m1/s1. The molecule has 0 saturated carbocycles. The van der Waals surface area contributed by atoms with Gasteiger partial charge in [-0.15, -0.1) is 0 Å². The van der Waals surface area contributed by atoms with Gasteiger partial charge < -0.3 is 34.3 Å². The monoisotopic (exact) mass is 498 g/mol. The maximum Gasteiger partial charge on any atom is 0.397 e. The zero-order valence-electron chi connectivity index (χ0n) is 16.8. The van der Waals surface area contributed by atoms with E-state index in [1.54, 1.807) is 0 Å². The van der Waals surface area contributed by atoms with Crippen molar-refractivity contribution in [2.45, 2.75) is 62.2 Å². The molecule has 0 amide bonds. The molecule has 10 atom stereocenters. The lowest BCUT2D eigenvalue weighted by Gasteiger charge is -2.46. The third kappa shape index (κ3) is 6.70. The molecule has 0 bridgehead atoms. The van der Waals surface area contributed by atoms with Gasteiger partial charge in [0, 0.05) is 13.0 Å². The molecule has 2 heterocycles. The first kappa shape index (κ1) is 27.6. The molecule has 18 heteroatoms. The molecule has 2 saturated heterocycles. The number of hydrogen-bond donors (Lipinski definition) is 6. The normalized spacial score (nSPS) is 41.0. The van der Waals surface area contributed by atoms with E-state index < -0.39 is 84.8 Å². The van der Waals surface area contributed by atoms with Crippen LogP contribution in [-0.4, -0.2) is 114 Å². The Bertz CT molecular complexity index is 660. The van der Waals surface area contributed by atoms with E-state index in [1.807, 2.05) is 0 Å². The summed E-state index contributed by atoms with van der Waals surface area (Å²) < 4.78 is 56.4. The first-order chi connectivity index (χ1) is 15.1. The average Bonchev–Trinajstić information content (AvgIpc) is 2.74. The molecule has 2 fully saturated rings. The first-order valence-electron chi connectivity index (χ1n) is 9.09. The highest BCUT2D eigenvalue weighted by molar-refractivity contribution is 7.80. The molecule has 0 radical (unpaired) electrons. The van der Waals surface area contributed by atoms with Crippen molar-refractivity contribution in [3.8, 4) is 0 Å². The summed E-state index contributed by atoms with van der Waals surface area (Å²) in [5.74, 6) is -0.855. The van der Waals surface area contributed by atoms with Gasteiger partial charge in [-0.05, 0) is 0 Å². The van der Waals surface area contributed by atoms with E-state index >= 15 is 0 Å². The lowest BCUT2D eigenvalue weighted by Crippen LogP contribution is -2.64. The summed E-state index contributed by atoms with van der Waals surface area (Å²) in [4.78, 5) is 9.10. The van der Waals surface area contributed by atoms with Crippen LogP contribution in [0.5, 0.6) is 0 Å². The molecule has 190 valence electrons. The summed E-state index contributed by atoms with van der Waals surface area (Å²) in [6.45, 7) is -0.0755. The third-order valence-electron chi connectivity index (χ3n) is 5.02. The topological polar surface area (TPSA) is 239 Å². The molecule has 4 unspecified atom stereocenters. The van der Waals surface area contributed by atoms with Gasteiger partial charge in [0.2, 0.25) is 0 Å². The minimum absolute atomic E-state index is 0.653. The van der Waals surface area contributed by atoms with Crippen molar-refractivity contribution in [1.82, 2.24) is 0 Å². The van der Waals surface area contributed by atoms with Gasteiger partial charge in [0.25, 0.3) is 0 Å². The van der Waals surface area contributed by atoms with Gasteiger partial charge >= 0.3 is 10.4 Å². The van der Waals surface area contributed by atoms with Crippen LogP contribution in [0.3, 0.4) is 0 Å². The second kappa shape index (κ2) is 12.2. The SMILES string of the molecule is CO[C@H]1OC(COS(=O)(=O)O)[C@H](O[C@@H]2OC(CO)[C@H](OOO)[C@H](C)C2O)[C@H](O)C1OOO. The van der Waals surface area contributed by atoms with Crippen LogP contribution in [0.25, 0.3) is 0 Å². The van der Waals surface area contributed by atoms with E-state index in [2.05, 4.69) is 24.0 Å². The fraction of sp³-hybridized carbons (Fsp3) is 1.00. The van der Waals surface area contributed by atoms with Crippen LogP contribution in [0.15, 0.2) is 0 Å². The number of aliphatic hydroxyl groups is 3. The number of ether oxygens (including phenoxy) is 4. The van der Waals surface area contributed by atoms with Crippen molar-refractivity contribution in [1.29, 1.82) is 0 Å². The molecular weight excluding hydrogens is 472 g/mol. The van der Waals surface area contributed by atoms with Crippen molar-refractivity contribution in [3.05, 3.63) is 0 Å². The second-order valence-electron chi connectivity index (χ2n) is 6.93. The highest BCUT2D eigenvalue weighted by Gasteiger charge is 2.52. The molecule has 0 spiro atoms. The highest BCUT2D eigenvalue weighted by atomic mass is 32.3. The van der Waals surface area contributed by atoms with Crippen LogP contribution in [-0.2, 0) is 53.4 Å². The molecule has 0 aromatic heterocycles. The summed E-state index contributed by atoms with van der Waals surface area (Å²) in [6, 6.07) is 0. The van der Waals surface area contributed by atoms with Gasteiger partial charge in [-0.1, -0.05) is 17.0 Å². The summed E-state index contributed by atoms with van der Waals surface area (Å²) >= 11 is 0. The van der Waals surface area contributed by atoms with Gasteiger partial charge in [-0.25, -0.2) is 14.7 Å². The lowest BCUT2D eigenvalue weighted by atomic mass is 9.90. The largest absolute Gasteiger partial charge is 0.397 e. The van der Waals surface area contributed by atoms with Crippen LogP contribution in [0, 0.1) is 5.92 Å². The van der Waals surface area contributed by atoms with Crippen LogP contribution >= 0.6 is 0 Å². The fourth-order valence-electron chi connectivity index (χ4n) is 3.42. The summed E-state index contributed by atoms with van der Waals surface area (Å²) in [5.41, 5.74) is 0. The number of hydrogen-bond acceptors (Lipinski definition) is 16. The van der Waals surface area contributed by atoms with Crippen LogP contribution in [0.2, 0.25) is 0 Å². The summed E-state index contributed by atoms with van der Waals surface area (Å²) in [6.07, 6.45) is -13.1. The Hall–Kier alpha value is -0.650. The molecule has 6 N–H and O–H groups in total. The van der Waals surface area contributed by atoms with Crippen molar-refractivity contribution >= 4 is 10.4 Å². The Balaban J connectivity index is 2.25. The molecule has 32 heavy (non-hydrogen) atoms. The van der Waals surface area contributed by atoms with E-state index in [1.165, 1.54) is 6.92 Å². The lowest BCUT2D eigenvalue weighted by molar-refractivity contribution is -0.534. The molecule has 17 nitrogen and oxygen atoms in total. The van der Waals surface area contributed by atoms with Crippen molar-refractivity contribution in [2.24, 2.45) is 5.92 Å². The van der Waals surface area contributed by atoms with Gasteiger partial charge in [0.1, 0.15) is 36.6 Å². The second-order valence-corrected chi connectivity index (χ2v) is 8.02. The van der Waals surface area contributed by atoms with Gasteiger partial charge in [-0.2, -0.15) is 18.2 Å². The minimum Gasteiger partial charge on any atom is -0.394 e. The van der Waals surface area contributed by atoms with Gasteiger partial charge in [-0.3, -0.25) is 4.55 Å². The van der Waals surface area contributed by atoms with Gasteiger partial charge in [0.05, 0.1) is 13.2 Å². The fourth-order valence-corrected chi connectivity index (χ4v) is 3.72. The molecule has 2 rings (SSSR count). The Morgan fingerprint density at radius 1 is 0.906 bits per heavy atom. The molecular formula is C14H26O17S. The maximum atomic E-state index is 11.0. The zero-order chi connectivity index (χ0) is 24.1. The van der Waals surface area contributed by atoms with Crippen molar-refractivity contribution < 1.29 is 81.8 Å². The molecule has 0 aromatic rings. The van der Waals surface area contributed by atoms with Crippen LogP contribution < -0.4 is 0 Å². The minimum atomic E-state index is -4.91. The number of rotatable bonds is 11. The van der Waals surface area contributed by atoms with E-state index in [-0.39, 0.29) is 0 Å². The maximum absolute atomic E-state index is 11.0. The molecule has 0 aliphatic carbocycles. The van der Waals surface area contributed by atoms with E-state index in [9.17, 15) is 23.7 Å². The highest BCUT2D eigenvalue weighted by Crippen LogP contribution is 2.33. The predicted octanol–water partition coefficient (Wildman–Crippen LogP) is -2.78. The average molecular weight is 498 g/mol. The Kier molecular flexibility index (Phi) is 10.5. The predicted molar refractivity (Wildman–Crippen MR) is 92.1 cm³/mol. The quantitative estimate of drug-likeness (QED) is 0.0958. The van der Waals surface area contributed by atoms with E-state index in [0.717, 1.165) is 7.11 Å². The zero-order valence-corrected chi connectivity index (χ0v) is 17.6.